The number of amides is 1. The van der Waals surface area contributed by atoms with Gasteiger partial charge in [0.2, 0.25) is 5.91 Å². The van der Waals surface area contributed by atoms with Crippen molar-refractivity contribution in [2.24, 2.45) is 0 Å². The second kappa shape index (κ2) is 7.84. The van der Waals surface area contributed by atoms with Gasteiger partial charge in [-0.25, -0.2) is 4.39 Å². The van der Waals surface area contributed by atoms with Crippen molar-refractivity contribution in [2.45, 2.75) is 19.4 Å². The molecule has 5 rings (SSSR count). The monoisotopic (exact) mass is 412 g/mol. The molecule has 5 heteroatoms. The minimum Gasteiger partial charge on any atom is -0.337 e. The number of nitrogens with zero attached hydrogens (tertiary/aromatic N) is 2. The van der Waals surface area contributed by atoms with Crippen molar-refractivity contribution in [3.63, 3.8) is 0 Å². The molecule has 0 radical (unpaired) electrons. The number of benzene rings is 3. The van der Waals surface area contributed by atoms with Crippen molar-refractivity contribution in [3.8, 4) is 0 Å². The number of aryl methyl sites for hydroxylation is 1. The standard InChI is InChI=1S/C26H21FN2O2/c27-22-12-4-2-11-20(22)26(31)21-16-28(24-14-6-3-10-19(21)24)17-25(30)29-15-7-9-18-8-1-5-13-23(18)29/h1-6,8,10-14,16H,7,9,15,17H2. The number of aromatic nitrogens is 1. The summed E-state index contributed by atoms with van der Waals surface area (Å²) in [7, 11) is 0. The second-order valence-corrected chi connectivity index (χ2v) is 7.77. The van der Waals surface area contributed by atoms with E-state index in [4.69, 9.17) is 0 Å². The van der Waals surface area contributed by atoms with Crippen LogP contribution in [0.3, 0.4) is 0 Å². The molecule has 1 aromatic heterocycles. The molecule has 0 N–H and O–H groups in total. The van der Waals surface area contributed by atoms with Crippen LogP contribution in [0.1, 0.15) is 27.9 Å². The first-order chi connectivity index (χ1) is 15.1. The summed E-state index contributed by atoms with van der Waals surface area (Å²) in [4.78, 5) is 28.2. The summed E-state index contributed by atoms with van der Waals surface area (Å²) in [6.07, 6.45) is 3.56. The van der Waals surface area contributed by atoms with Crippen LogP contribution < -0.4 is 4.90 Å². The van der Waals surface area contributed by atoms with Crippen molar-refractivity contribution in [2.75, 3.05) is 11.4 Å². The van der Waals surface area contributed by atoms with E-state index in [-0.39, 0.29) is 23.8 Å². The van der Waals surface area contributed by atoms with E-state index in [0.717, 1.165) is 24.0 Å². The van der Waals surface area contributed by atoms with E-state index in [2.05, 4.69) is 6.07 Å². The Labute approximate surface area is 179 Å². The fraction of sp³-hybridized carbons (Fsp3) is 0.154. The Morgan fingerprint density at radius 1 is 0.871 bits per heavy atom. The van der Waals surface area contributed by atoms with Crippen LogP contribution in [0.5, 0.6) is 0 Å². The fourth-order valence-electron chi connectivity index (χ4n) is 4.37. The molecule has 0 unspecified atom stereocenters. The van der Waals surface area contributed by atoms with Crippen LogP contribution >= 0.6 is 0 Å². The average Bonchev–Trinajstić information content (AvgIpc) is 3.17. The molecule has 4 aromatic rings. The topological polar surface area (TPSA) is 42.3 Å². The van der Waals surface area contributed by atoms with Crippen molar-refractivity contribution in [1.29, 1.82) is 0 Å². The molecule has 2 heterocycles. The number of hydrogen-bond donors (Lipinski definition) is 0. The summed E-state index contributed by atoms with van der Waals surface area (Å²) in [6, 6.07) is 21.4. The molecule has 0 saturated carbocycles. The van der Waals surface area contributed by atoms with Gasteiger partial charge >= 0.3 is 0 Å². The molecule has 4 nitrogen and oxygen atoms in total. The number of para-hydroxylation sites is 2. The summed E-state index contributed by atoms with van der Waals surface area (Å²) in [5.74, 6) is -0.966. The Morgan fingerprint density at radius 2 is 1.61 bits per heavy atom. The third kappa shape index (κ3) is 3.42. The fourth-order valence-corrected chi connectivity index (χ4v) is 4.37. The number of ketones is 1. The van der Waals surface area contributed by atoms with E-state index in [9.17, 15) is 14.0 Å². The SMILES string of the molecule is O=C(c1ccccc1F)c1cn(CC(=O)N2CCCc3ccccc32)c2ccccc12. The minimum absolute atomic E-state index is 0.0293. The predicted octanol–water partition coefficient (Wildman–Crippen LogP) is 4.99. The van der Waals surface area contributed by atoms with Crippen molar-refractivity contribution >= 4 is 28.3 Å². The highest BCUT2D eigenvalue weighted by Crippen LogP contribution is 2.28. The van der Waals surface area contributed by atoms with E-state index in [0.29, 0.717) is 17.5 Å². The van der Waals surface area contributed by atoms with Gasteiger partial charge in [-0.3, -0.25) is 9.59 Å². The van der Waals surface area contributed by atoms with Gasteiger partial charge in [-0.1, -0.05) is 48.5 Å². The summed E-state index contributed by atoms with van der Waals surface area (Å²) < 4.78 is 16.0. The number of rotatable bonds is 4. The molecule has 0 fully saturated rings. The molecule has 0 bridgehead atoms. The quantitative estimate of drug-likeness (QED) is 0.443. The van der Waals surface area contributed by atoms with Gasteiger partial charge in [-0.05, 0) is 42.7 Å². The van der Waals surface area contributed by atoms with Crippen LogP contribution in [0.2, 0.25) is 0 Å². The summed E-state index contributed by atoms with van der Waals surface area (Å²) in [5, 5.41) is 0.711. The third-order valence-corrected chi connectivity index (χ3v) is 5.87. The van der Waals surface area contributed by atoms with Crippen molar-refractivity contribution in [1.82, 2.24) is 4.57 Å². The highest BCUT2D eigenvalue weighted by atomic mass is 19.1. The minimum atomic E-state index is -0.551. The van der Waals surface area contributed by atoms with E-state index >= 15 is 0 Å². The van der Waals surface area contributed by atoms with Gasteiger partial charge in [0.05, 0.1) is 5.56 Å². The van der Waals surface area contributed by atoms with E-state index in [1.54, 1.807) is 22.9 Å². The highest BCUT2D eigenvalue weighted by Gasteiger charge is 2.24. The second-order valence-electron chi connectivity index (χ2n) is 7.77. The van der Waals surface area contributed by atoms with Gasteiger partial charge in [0, 0.05) is 34.9 Å². The van der Waals surface area contributed by atoms with E-state index in [1.165, 1.54) is 17.7 Å². The first-order valence-electron chi connectivity index (χ1n) is 10.4. The Bertz CT molecular complexity index is 1310. The third-order valence-electron chi connectivity index (χ3n) is 5.87. The van der Waals surface area contributed by atoms with Crippen molar-refractivity contribution < 1.29 is 14.0 Å². The molecule has 1 amide bonds. The summed E-state index contributed by atoms with van der Waals surface area (Å²) >= 11 is 0. The maximum atomic E-state index is 14.2. The molecule has 1 aliphatic heterocycles. The summed E-state index contributed by atoms with van der Waals surface area (Å²) in [6.45, 7) is 0.787. The number of carbonyl (C=O) groups is 2. The van der Waals surface area contributed by atoms with Crippen molar-refractivity contribution in [3.05, 3.63) is 102 Å². The molecule has 154 valence electrons. The van der Waals surface area contributed by atoms with E-state index < -0.39 is 5.82 Å². The van der Waals surface area contributed by atoms with Gasteiger partial charge in [0.15, 0.2) is 5.78 Å². The molecule has 0 aliphatic carbocycles. The van der Waals surface area contributed by atoms with Gasteiger partial charge in [-0.15, -0.1) is 0 Å². The molecule has 1 aliphatic rings. The van der Waals surface area contributed by atoms with Gasteiger partial charge in [0.25, 0.3) is 0 Å². The number of hydrogen-bond acceptors (Lipinski definition) is 2. The zero-order valence-corrected chi connectivity index (χ0v) is 16.9. The molecule has 0 spiro atoms. The largest absolute Gasteiger partial charge is 0.337 e. The van der Waals surface area contributed by atoms with Gasteiger partial charge < -0.3 is 9.47 Å². The Hall–Kier alpha value is -3.73. The predicted molar refractivity (Wildman–Crippen MR) is 119 cm³/mol. The highest BCUT2D eigenvalue weighted by molar-refractivity contribution is 6.16. The Balaban J connectivity index is 1.51. The van der Waals surface area contributed by atoms with Gasteiger partial charge in [-0.2, -0.15) is 0 Å². The van der Waals surface area contributed by atoms with Crippen LogP contribution in [-0.2, 0) is 17.8 Å². The normalized spacial score (nSPS) is 13.3. The lowest BCUT2D eigenvalue weighted by atomic mass is 10.0. The molecular weight excluding hydrogens is 391 g/mol. The lowest BCUT2D eigenvalue weighted by Gasteiger charge is -2.29. The van der Waals surface area contributed by atoms with Crippen LogP contribution in [0, 0.1) is 5.82 Å². The van der Waals surface area contributed by atoms with Crippen LogP contribution in [0.4, 0.5) is 10.1 Å². The Morgan fingerprint density at radius 3 is 2.48 bits per heavy atom. The van der Waals surface area contributed by atoms with Crippen LogP contribution in [0.15, 0.2) is 79.0 Å². The lowest BCUT2D eigenvalue weighted by Crippen LogP contribution is -2.37. The number of fused-ring (bicyclic) bond motifs is 2. The molecule has 0 atom stereocenters. The van der Waals surface area contributed by atoms with E-state index in [1.807, 2.05) is 47.4 Å². The Kier molecular flexibility index (Phi) is 4.86. The molecule has 0 saturated heterocycles. The molecule has 31 heavy (non-hydrogen) atoms. The maximum Gasteiger partial charge on any atom is 0.246 e. The van der Waals surface area contributed by atoms with Gasteiger partial charge in [0.1, 0.15) is 12.4 Å². The lowest BCUT2D eigenvalue weighted by molar-refractivity contribution is -0.119. The number of halogens is 1. The summed E-state index contributed by atoms with van der Waals surface area (Å²) in [5.41, 5.74) is 3.34. The smallest absolute Gasteiger partial charge is 0.246 e. The molecular formula is C26H21FN2O2. The zero-order valence-electron chi connectivity index (χ0n) is 16.9. The zero-order chi connectivity index (χ0) is 21.4. The average molecular weight is 412 g/mol. The first kappa shape index (κ1) is 19.2. The number of carbonyl (C=O) groups excluding carboxylic acids is 2. The van der Waals surface area contributed by atoms with Crippen LogP contribution in [0.25, 0.3) is 10.9 Å². The maximum absolute atomic E-state index is 14.2. The van der Waals surface area contributed by atoms with Crippen LogP contribution in [-0.4, -0.2) is 22.8 Å². The first-order valence-corrected chi connectivity index (χ1v) is 10.4. The number of anilines is 1. The molecule has 3 aromatic carbocycles.